The van der Waals surface area contributed by atoms with Gasteiger partial charge >= 0.3 is 5.97 Å². The molecule has 0 bridgehead atoms. The van der Waals surface area contributed by atoms with E-state index in [0.717, 1.165) is 21.7 Å². The third kappa shape index (κ3) is 4.55. The Morgan fingerprint density at radius 2 is 1.81 bits per heavy atom. The van der Waals surface area contributed by atoms with E-state index in [1.807, 2.05) is 24.3 Å². The van der Waals surface area contributed by atoms with Gasteiger partial charge in [-0.1, -0.05) is 43.0 Å². The molecule has 3 amide bonds. The summed E-state index contributed by atoms with van der Waals surface area (Å²) in [7, 11) is 2.53. The molecule has 1 aliphatic heterocycles. The van der Waals surface area contributed by atoms with Gasteiger partial charge < -0.3 is 9.64 Å². The topological polar surface area (TPSA) is 84.0 Å². The van der Waals surface area contributed by atoms with Gasteiger partial charge in [0.05, 0.1) is 7.11 Å². The van der Waals surface area contributed by atoms with Gasteiger partial charge in [-0.15, -0.1) is 0 Å². The molecule has 7 nitrogen and oxygen atoms in total. The number of rotatable bonds is 6. The average Bonchev–Trinajstić information content (AvgIpc) is 3.16. The molecule has 0 radical (unpaired) electrons. The molecule has 160 valence electrons. The van der Waals surface area contributed by atoms with Gasteiger partial charge in [0.15, 0.2) is 0 Å². The number of benzene rings is 2. The predicted octanol–water partition coefficient (Wildman–Crippen LogP) is 3.01. The Morgan fingerprint density at radius 1 is 1.10 bits per heavy atom. The minimum Gasteiger partial charge on any atom is -0.469 e. The molecule has 2 aromatic rings. The van der Waals surface area contributed by atoms with Gasteiger partial charge in [0.1, 0.15) is 6.42 Å². The van der Waals surface area contributed by atoms with Crippen molar-refractivity contribution in [3.63, 3.8) is 0 Å². The zero-order valence-corrected chi connectivity index (χ0v) is 17.5. The minimum atomic E-state index is -0.704. The number of nitrogens with zero attached hydrogens (tertiary/aromatic N) is 2. The summed E-state index contributed by atoms with van der Waals surface area (Å²) in [4.78, 5) is 52.1. The van der Waals surface area contributed by atoms with Crippen LogP contribution in [0, 0.1) is 0 Å². The number of carbonyl (C=O) groups excluding carboxylic acids is 4. The van der Waals surface area contributed by atoms with E-state index in [9.17, 15) is 19.2 Å². The summed E-state index contributed by atoms with van der Waals surface area (Å²) in [6.07, 6.45) is 1.20. The third-order valence-corrected chi connectivity index (χ3v) is 5.40. The first-order valence-corrected chi connectivity index (χ1v) is 9.85. The van der Waals surface area contributed by atoms with Crippen molar-refractivity contribution in [3.05, 3.63) is 71.8 Å². The van der Waals surface area contributed by atoms with Gasteiger partial charge in [0.25, 0.3) is 5.91 Å². The van der Waals surface area contributed by atoms with Gasteiger partial charge in [-0.2, -0.15) is 0 Å². The Kier molecular flexibility index (Phi) is 6.65. The van der Waals surface area contributed by atoms with Crippen LogP contribution in [-0.2, 0) is 19.1 Å². The van der Waals surface area contributed by atoms with E-state index in [0.29, 0.717) is 12.1 Å². The summed E-state index contributed by atoms with van der Waals surface area (Å²) in [5.41, 5.74) is 2.97. The summed E-state index contributed by atoms with van der Waals surface area (Å²) in [5, 5.41) is 0. The molecular weight excluding hydrogens is 396 g/mol. The molecule has 0 saturated carbocycles. The van der Waals surface area contributed by atoms with E-state index < -0.39 is 24.2 Å². The lowest BCUT2D eigenvalue weighted by atomic mass is 9.92. The smallest absolute Gasteiger partial charge is 0.315 e. The number of imide groups is 1. The maximum absolute atomic E-state index is 13.1. The van der Waals surface area contributed by atoms with Crippen LogP contribution in [0.2, 0.25) is 0 Å². The molecule has 0 aromatic heterocycles. The molecule has 1 heterocycles. The Balaban J connectivity index is 1.86. The van der Waals surface area contributed by atoms with Crippen molar-refractivity contribution in [2.75, 3.05) is 25.6 Å². The number of anilines is 1. The summed E-state index contributed by atoms with van der Waals surface area (Å²) in [6, 6.07) is 14.5. The number of fused-ring (bicyclic) bond motifs is 1. The lowest BCUT2D eigenvalue weighted by molar-refractivity contribution is -0.149. The van der Waals surface area contributed by atoms with Crippen LogP contribution < -0.4 is 4.90 Å². The second kappa shape index (κ2) is 9.38. The number of methoxy groups -OCH3 is 1. The van der Waals surface area contributed by atoms with Crippen LogP contribution in [0.4, 0.5) is 5.69 Å². The first-order valence-electron chi connectivity index (χ1n) is 9.85. The molecule has 3 rings (SSSR count). The second-order valence-corrected chi connectivity index (χ2v) is 7.27. The number of hydrogen-bond acceptors (Lipinski definition) is 5. The van der Waals surface area contributed by atoms with E-state index in [4.69, 9.17) is 0 Å². The Labute approximate surface area is 180 Å². The van der Waals surface area contributed by atoms with Gasteiger partial charge in [-0.05, 0) is 29.3 Å². The van der Waals surface area contributed by atoms with E-state index >= 15 is 0 Å². The molecule has 7 heteroatoms. The van der Waals surface area contributed by atoms with Crippen molar-refractivity contribution in [2.24, 2.45) is 0 Å². The molecule has 1 aliphatic rings. The van der Waals surface area contributed by atoms with Gasteiger partial charge in [-0.25, -0.2) is 0 Å². The summed E-state index contributed by atoms with van der Waals surface area (Å²) in [5.74, 6) is -2.24. The number of esters is 1. The molecule has 0 aliphatic carbocycles. The minimum absolute atomic E-state index is 0.0137. The lowest BCUT2D eigenvalue weighted by Crippen LogP contribution is -2.36. The standard InChI is InChI=1S/C24H24N2O5/c1-4-16-11-8-12-19-23(16)18(13-20(27)25(2)21(28)14-22(29)31-3)15-26(19)24(30)17-9-6-5-7-10-17/h4-12,18H,1,13-15H2,2-3H3. The van der Waals surface area contributed by atoms with Gasteiger partial charge in [-0.3, -0.25) is 24.1 Å². The fraction of sp³-hybridized carbons (Fsp3) is 0.250. The van der Waals surface area contributed by atoms with E-state index in [-0.39, 0.29) is 18.2 Å². The highest BCUT2D eigenvalue weighted by molar-refractivity contribution is 6.08. The molecule has 31 heavy (non-hydrogen) atoms. The van der Waals surface area contributed by atoms with Crippen LogP contribution in [0.15, 0.2) is 55.1 Å². The fourth-order valence-corrected chi connectivity index (χ4v) is 3.74. The van der Waals surface area contributed by atoms with Crippen LogP contribution in [0.3, 0.4) is 0 Å². The van der Waals surface area contributed by atoms with E-state index in [1.165, 1.54) is 14.2 Å². The second-order valence-electron chi connectivity index (χ2n) is 7.27. The molecule has 0 N–H and O–H groups in total. The van der Waals surface area contributed by atoms with E-state index in [1.54, 1.807) is 35.2 Å². The van der Waals surface area contributed by atoms with Crippen LogP contribution in [0.25, 0.3) is 6.08 Å². The fourth-order valence-electron chi connectivity index (χ4n) is 3.74. The first kappa shape index (κ1) is 22.0. The van der Waals surface area contributed by atoms with Crippen molar-refractivity contribution in [2.45, 2.75) is 18.8 Å². The monoisotopic (exact) mass is 420 g/mol. The van der Waals surface area contributed by atoms with Gasteiger partial charge in [0.2, 0.25) is 11.8 Å². The number of ether oxygens (including phenoxy) is 1. The molecule has 1 unspecified atom stereocenters. The molecule has 0 spiro atoms. The third-order valence-electron chi connectivity index (χ3n) is 5.40. The molecule has 2 aromatic carbocycles. The first-order chi connectivity index (χ1) is 14.9. The van der Waals surface area contributed by atoms with Crippen molar-refractivity contribution < 1.29 is 23.9 Å². The van der Waals surface area contributed by atoms with Crippen LogP contribution in [-0.4, -0.2) is 49.3 Å². The summed E-state index contributed by atoms with van der Waals surface area (Å²) >= 11 is 0. The quantitative estimate of drug-likeness (QED) is 0.530. The number of carbonyl (C=O) groups is 4. The van der Waals surface area contributed by atoms with Crippen molar-refractivity contribution in [3.8, 4) is 0 Å². The van der Waals surface area contributed by atoms with Crippen LogP contribution >= 0.6 is 0 Å². The largest absolute Gasteiger partial charge is 0.469 e. The highest BCUT2D eigenvalue weighted by atomic mass is 16.5. The predicted molar refractivity (Wildman–Crippen MR) is 116 cm³/mol. The molecule has 1 atom stereocenters. The van der Waals surface area contributed by atoms with Crippen LogP contribution in [0.5, 0.6) is 0 Å². The maximum atomic E-state index is 13.1. The zero-order valence-electron chi connectivity index (χ0n) is 17.5. The van der Waals surface area contributed by atoms with E-state index in [2.05, 4.69) is 11.3 Å². The average molecular weight is 420 g/mol. The molecule has 0 saturated heterocycles. The van der Waals surface area contributed by atoms with Crippen LogP contribution in [0.1, 0.15) is 40.2 Å². The maximum Gasteiger partial charge on any atom is 0.315 e. The highest BCUT2D eigenvalue weighted by Gasteiger charge is 2.36. The Bertz CT molecular complexity index is 1030. The summed E-state index contributed by atoms with van der Waals surface area (Å²) < 4.78 is 4.49. The highest BCUT2D eigenvalue weighted by Crippen LogP contribution is 2.41. The van der Waals surface area contributed by atoms with Gasteiger partial charge in [0, 0.05) is 37.2 Å². The molecular formula is C24H24N2O5. The SMILES string of the molecule is C=Cc1cccc2c1C(CC(=O)N(C)C(=O)CC(=O)OC)CN2C(=O)c1ccccc1. The zero-order chi connectivity index (χ0) is 22.5. The normalized spacial score (nSPS) is 14.5. The van der Waals surface area contributed by atoms with Crippen molar-refractivity contribution >= 4 is 35.5 Å². The Hall–Kier alpha value is -3.74. The number of hydrogen-bond donors (Lipinski definition) is 0. The lowest BCUT2D eigenvalue weighted by Gasteiger charge is -2.19. The summed E-state index contributed by atoms with van der Waals surface area (Å²) in [6.45, 7) is 4.16. The molecule has 0 fully saturated rings. The van der Waals surface area contributed by atoms with Crippen molar-refractivity contribution in [1.82, 2.24) is 4.90 Å². The van der Waals surface area contributed by atoms with Crippen molar-refractivity contribution in [1.29, 1.82) is 0 Å². The number of amides is 3. The Morgan fingerprint density at radius 3 is 2.45 bits per heavy atom.